The Hall–Kier alpha value is -1.55. The lowest BCUT2D eigenvalue weighted by atomic mass is 9.85. The lowest BCUT2D eigenvalue weighted by Gasteiger charge is -2.24. The summed E-state index contributed by atoms with van der Waals surface area (Å²) in [6.45, 7) is 1.74. The van der Waals surface area contributed by atoms with Crippen molar-refractivity contribution in [1.82, 2.24) is 0 Å². The molecule has 108 valence electrons. The van der Waals surface area contributed by atoms with E-state index in [1.807, 2.05) is 24.3 Å². The summed E-state index contributed by atoms with van der Waals surface area (Å²) in [5.74, 6) is 0.392. The number of carbonyl (C=O) groups excluding carboxylic acids is 1. The molecule has 1 amide bonds. The van der Waals surface area contributed by atoms with Crippen LogP contribution in [-0.2, 0) is 9.53 Å². The van der Waals surface area contributed by atoms with Crippen molar-refractivity contribution in [3.05, 3.63) is 24.3 Å². The Morgan fingerprint density at radius 3 is 2.45 bits per heavy atom. The molecular weight excluding hydrogens is 252 g/mol. The van der Waals surface area contributed by atoms with Crippen LogP contribution in [0.5, 0.6) is 0 Å². The molecule has 0 spiro atoms. The third-order valence-electron chi connectivity index (χ3n) is 4.19. The van der Waals surface area contributed by atoms with Gasteiger partial charge in [0.1, 0.15) is 0 Å². The second kappa shape index (κ2) is 6.27. The minimum absolute atomic E-state index is 0.163. The summed E-state index contributed by atoms with van der Waals surface area (Å²) < 4.78 is 5.58. The molecule has 1 aromatic carbocycles. The zero-order valence-electron chi connectivity index (χ0n) is 11.7. The molecule has 1 aliphatic carbocycles. The molecule has 1 unspecified atom stereocenters. The second-order valence-corrected chi connectivity index (χ2v) is 5.71. The molecule has 1 aromatic rings. The summed E-state index contributed by atoms with van der Waals surface area (Å²) in [6.07, 6.45) is 5.90. The molecule has 1 saturated heterocycles. The number of hydrogen-bond donors (Lipinski definition) is 2. The highest BCUT2D eigenvalue weighted by molar-refractivity contribution is 5.93. The molecule has 2 aliphatic rings. The van der Waals surface area contributed by atoms with E-state index in [4.69, 9.17) is 4.74 Å². The van der Waals surface area contributed by atoms with E-state index in [9.17, 15) is 4.79 Å². The van der Waals surface area contributed by atoms with Crippen molar-refractivity contribution in [2.45, 2.75) is 38.2 Å². The molecule has 4 heteroatoms. The highest BCUT2D eigenvalue weighted by atomic mass is 16.5. The van der Waals surface area contributed by atoms with E-state index in [0.717, 1.165) is 43.8 Å². The van der Waals surface area contributed by atoms with Crippen molar-refractivity contribution in [3.8, 4) is 0 Å². The fraction of sp³-hybridized carbons (Fsp3) is 0.562. The molecule has 1 saturated carbocycles. The third kappa shape index (κ3) is 3.31. The summed E-state index contributed by atoms with van der Waals surface area (Å²) in [4.78, 5) is 11.8. The quantitative estimate of drug-likeness (QED) is 0.867. The standard InChI is InChI=1S/C16H22N2O2/c19-16(12-3-1-4-12)18-14-8-6-13(7-9-14)17-11-15-5-2-10-20-15/h6-9,12,15,17H,1-5,10-11H2,(H,18,19). The fourth-order valence-electron chi connectivity index (χ4n) is 2.62. The number of amides is 1. The van der Waals surface area contributed by atoms with Gasteiger partial charge in [-0.05, 0) is 49.9 Å². The Balaban J connectivity index is 1.47. The molecule has 2 fully saturated rings. The van der Waals surface area contributed by atoms with Crippen LogP contribution in [0.3, 0.4) is 0 Å². The van der Waals surface area contributed by atoms with E-state index < -0.39 is 0 Å². The number of nitrogens with one attached hydrogen (secondary N) is 2. The van der Waals surface area contributed by atoms with Crippen molar-refractivity contribution in [3.63, 3.8) is 0 Å². The van der Waals surface area contributed by atoms with Gasteiger partial charge < -0.3 is 15.4 Å². The lowest BCUT2D eigenvalue weighted by Crippen LogP contribution is -2.28. The zero-order chi connectivity index (χ0) is 13.8. The summed E-state index contributed by atoms with van der Waals surface area (Å²) >= 11 is 0. The smallest absolute Gasteiger partial charge is 0.227 e. The molecule has 3 rings (SSSR count). The van der Waals surface area contributed by atoms with Crippen molar-refractivity contribution < 1.29 is 9.53 Å². The highest BCUT2D eigenvalue weighted by Crippen LogP contribution is 2.27. The van der Waals surface area contributed by atoms with Gasteiger partial charge >= 0.3 is 0 Å². The SMILES string of the molecule is O=C(Nc1ccc(NCC2CCCO2)cc1)C1CCC1. The Bertz CT molecular complexity index is 448. The van der Waals surface area contributed by atoms with Gasteiger partial charge in [-0.25, -0.2) is 0 Å². The molecule has 0 bridgehead atoms. The van der Waals surface area contributed by atoms with Crippen LogP contribution in [0.2, 0.25) is 0 Å². The zero-order valence-corrected chi connectivity index (χ0v) is 11.7. The van der Waals surface area contributed by atoms with E-state index in [1.54, 1.807) is 0 Å². The summed E-state index contributed by atoms with van der Waals surface area (Å²) in [6, 6.07) is 7.92. The van der Waals surface area contributed by atoms with Gasteiger partial charge in [0.25, 0.3) is 0 Å². The number of anilines is 2. The number of carbonyl (C=O) groups is 1. The Labute approximate surface area is 119 Å². The van der Waals surface area contributed by atoms with E-state index >= 15 is 0 Å². The van der Waals surface area contributed by atoms with Crippen LogP contribution in [0.4, 0.5) is 11.4 Å². The predicted molar refractivity (Wildman–Crippen MR) is 79.9 cm³/mol. The first-order valence-corrected chi connectivity index (χ1v) is 7.58. The first-order chi connectivity index (χ1) is 9.81. The topological polar surface area (TPSA) is 50.4 Å². The average molecular weight is 274 g/mol. The van der Waals surface area contributed by atoms with E-state index in [2.05, 4.69) is 10.6 Å². The summed E-state index contributed by atoms with van der Waals surface area (Å²) in [5.41, 5.74) is 1.95. The molecule has 20 heavy (non-hydrogen) atoms. The maximum absolute atomic E-state index is 11.8. The fourth-order valence-corrected chi connectivity index (χ4v) is 2.62. The van der Waals surface area contributed by atoms with E-state index in [1.165, 1.54) is 12.8 Å². The van der Waals surface area contributed by atoms with Crippen LogP contribution in [0.15, 0.2) is 24.3 Å². The Morgan fingerprint density at radius 1 is 1.10 bits per heavy atom. The average Bonchev–Trinajstić information content (AvgIpc) is 2.89. The van der Waals surface area contributed by atoms with Gasteiger partial charge in [-0.15, -0.1) is 0 Å². The molecule has 1 aliphatic heterocycles. The van der Waals surface area contributed by atoms with E-state index in [0.29, 0.717) is 6.10 Å². The van der Waals surface area contributed by atoms with Crippen LogP contribution in [0.25, 0.3) is 0 Å². The van der Waals surface area contributed by atoms with Crippen molar-refractivity contribution >= 4 is 17.3 Å². The minimum atomic E-state index is 0.163. The number of benzene rings is 1. The van der Waals surface area contributed by atoms with Crippen LogP contribution < -0.4 is 10.6 Å². The van der Waals surface area contributed by atoms with Crippen LogP contribution >= 0.6 is 0 Å². The van der Waals surface area contributed by atoms with Crippen LogP contribution in [-0.4, -0.2) is 25.2 Å². The molecular formula is C16H22N2O2. The van der Waals surface area contributed by atoms with Crippen molar-refractivity contribution in [1.29, 1.82) is 0 Å². The second-order valence-electron chi connectivity index (χ2n) is 5.71. The number of rotatable bonds is 5. The van der Waals surface area contributed by atoms with Crippen molar-refractivity contribution in [2.75, 3.05) is 23.8 Å². The maximum atomic E-state index is 11.8. The lowest BCUT2D eigenvalue weighted by molar-refractivity contribution is -0.122. The number of ether oxygens (including phenoxy) is 1. The van der Waals surface area contributed by atoms with Gasteiger partial charge in [-0.3, -0.25) is 4.79 Å². The van der Waals surface area contributed by atoms with Gasteiger partial charge in [-0.2, -0.15) is 0 Å². The monoisotopic (exact) mass is 274 g/mol. The summed E-state index contributed by atoms with van der Waals surface area (Å²) in [5, 5.41) is 6.35. The van der Waals surface area contributed by atoms with Gasteiger partial charge in [0.15, 0.2) is 0 Å². The molecule has 0 radical (unpaired) electrons. The van der Waals surface area contributed by atoms with Gasteiger partial charge in [-0.1, -0.05) is 6.42 Å². The van der Waals surface area contributed by atoms with Crippen LogP contribution in [0, 0.1) is 5.92 Å². The maximum Gasteiger partial charge on any atom is 0.227 e. The Kier molecular flexibility index (Phi) is 4.21. The molecule has 0 aromatic heterocycles. The Morgan fingerprint density at radius 2 is 1.85 bits per heavy atom. The van der Waals surface area contributed by atoms with Gasteiger partial charge in [0, 0.05) is 30.4 Å². The van der Waals surface area contributed by atoms with Gasteiger partial charge in [0.2, 0.25) is 5.91 Å². The van der Waals surface area contributed by atoms with Crippen LogP contribution in [0.1, 0.15) is 32.1 Å². The summed E-state index contributed by atoms with van der Waals surface area (Å²) in [7, 11) is 0. The predicted octanol–water partition coefficient (Wildman–Crippen LogP) is 3.02. The van der Waals surface area contributed by atoms with Gasteiger partial charge in [0.05, 0.1) is 6.10 Å². The first kappa shape index (κ1) is 13.4. The van der Waals surface area contributed by atoms with Crippen molar-refractivity contribution in [2.24, 2.45) is 5.92 Å². The molecule has 4 nitrogen and oxygen atoms in total. The van der Waals surface area contributed by atoms with E-state index in [-0.39, 0.29) is 11.8 Å². The highest BCUT2D eigenvalue weighted by Gasteiger charge is 2.25. The first-order valence-electron chi connectivity index (χ1n) is 7.58. The molecule has 1 atom stereocenters. The molecule has 1 heterocycles. The molecule has 2 N–H and O–H groups in total. The minimum Gasteiger partial charge on any atom is -0.382 e. The third-order valence-corrected chi connectivity index (χ3v) is 4.19. The largest absolute Gasteiger partial charge is 0.382 e. The number of hydrogen-bond acceptors (Lipinski definition) is 3. The normalized spacial score (nSPS) is 22.3.